The molecular formula is C10H14ClNO. The summed E-state index contributed by atoms with van der Waals surface area (Å²) in [6, 6.07) is 0. The average molecular weight is 200 g/mol. The van der Waals surface area contributed by atoms with E-state index in [-0.39, 0.29) is 12.2 Å². The van der Waals surface area contributed by atoms with Gasteiger partial charge in [0.05, 0.1) is 0 Å². The van der Waals surface area contributed by atoms with Crippen LogP contribution in [0.25, 0.3) is 0 Å². The van der Waals surface area contributed by atoms with Gasteiger partial charge in [0.15, 0.2) is 0 Å². The van der Waals surface area contributed by atoms with Gasteiger partial charge in [-0.15, -0.1) is 0 Å². The number of halogens is 1. The Balaban J connectivity index is 3.50. The molecule has 72 valence electrons. The summed E-state index contributed by atoms with van der Waals surface area (Å²) in [6.45, 7) is 3.51. The van der Waals surface area contributed by atoms with Gasteiger partial charge in [-0.2, -0.15) is 0 Å². The van der Waals surface area contributed by atoms with Gasteiger partial charge in [-0.3, -0.25) is 4.79 Å². The van der Waals surface area contributed by atoms with Gasteiger partial charge in [-0.05, 0) is 12.8 Å². The van der Waals surface area contributed by atoms with Crippen molar-refractivity contribution in [3.8, 4) is 0 Å². The molecule has 0 aromatic heterocycles. The quantitative estimate of drug-likeness (QED) is 0.382. The summed E-state index contributed by atoms with van der Waals surface area (Å²) < 4.78 is 0. The molecule has 0 aliphatic heterocycles. The first-order chi connectivity index (χ1) is 6.20. The molecule has 3 heteroatoms. The Morgan fingerprint density at radius 1 is 1.54 bits per heavy atom. The molecule has 0 saturated carbocycles. The van der Waals surface area contributed by atoms with E-state index in [9.17, 15) is 4.79 Å². The first-order valence-electron chi connectivity index (χ1n) is 4.19. The van der Waals surface area contributed by atoms with Crippen LogP contribution in [0.4, 0.5) is 0 Å². The van der Waals surface area contributed by atoms with Gasteiger partial charge in [-0.1, -0.05) is 30.3 Å². The summed E-state index contributed by atoms with van der Waals surface area (Å²) >= 11 is 5.66. The van der Waals surface area contributed by atoms with Crippen LogP contribution in [0.1, 0.15) is 25.7 Å². The largest absolute Gasteiger partial charge is 0.313 e. The zero-order valence-electron chi connectivity index (χ0n) is 7.55. The van der Waals surface area contributed by atoms with Crippen LogP contribution in [0.2, 0.25) is 0 Å². The van der Waals surface area contributed by atoms with Crippen molar-refractivity contribution >= 4 is 23.6 Å². The summed E-state index contributed by atoms with van der Waals surface area (Å²) in [5, 5.41) is 7.34. The summed E-state index contributed by atoms with van der Waals surface area (Å²) in [5.41, 5.74) is 0. The minimum absolute atomic E-state index is 0.109. The number of Topliss-reactive ketones (excluding diaryl/α,β-unsaturated/α-hetero) is 1. The second-order valence-electron chi connectivity index (χ2n) is 2.63. The van der Waals surface area contributed by atoms with Crippen molar-refractivity contribution in [2.75, 3.05) is 0 Å². The van der Waals surface area contributed by atoms with Crippen molar-refractivity contribution in [3.05, 3.63) is 23.8 Å². The van der Waals surface area contributed by atoms with Gasteiger partial charge in [0.2, 0.25) is 0 Å². The SMILES string of the molecule is C=CC(Cl)=CCCCC(=O)CC=N. The molecule has 0 heterocycles. The van der Waals surface area contributed by atoms with Crippen molar-refractivity contribution in [2.45, 2.75) is 25.7 Å². The Hall–Kier alpha value is -0.890. The van der Waals surface area contributed by atoms with Crippen LogP contribution < -0.4 is 0 Å². The lowest BCUT2D eigenvalue weighted by Crippen LogP contribution is -1.96. The Labute approximate surface area is 83.8 Å². The topological polar surface area (TPSA) is 40.9 Å². The van der Waals surface area contributed by atoms with E-state index in [1.165, 1.54) is 0 Å². The zero-order valence-corrected chi connectivity index (χ0v) is 8.31. The van der Waals surface area contributed by atoms with Crippen LogP contribution in [0.15, 0.2) is 23.8 Å². The predicted octanol–water partition coefficient (Wildman–Crippen LogP) is 3.07. The fourth-order valence-corrected chi connectivity index (χ4v) is 0.948. The Bertz CT molecular complexity index is 221. The van der Waals surface area contributed by atoms with E-state index < -0.39 is 0 Å². The van der Waals surface area contributed by atoms with Gasteiger partial charge in [0, 0.05) is 24.1 Å². The highest BCUT2D eigenvalue weighted by molar-refractivity contribution is 6.31. The summed E-state index contributed by atoms with van der Waals surface area (Å²) in [5.74, 6) is 0.109. The average Bonchev–Trinajstić information content (AvgIpc) is 2.12. The molecule has 0 fully saturated rings. The lowest BCUT2D eigenvalue weighted by Gasteiger charge is -1.94. The maximum absolute atomic E-state index is 10.9. The van der Waals surface area contributed by atoms with Crippen LogP contribution in [-0.4, -0.2) is 12.0 Å². The molecule has 0 bridgehead atoms. The second-order valence-corrected chi connectivity index (χ2v) is 3.07. The van der Waals surface area contributed by atoms with Crippen molar-refractivity contribution < 1.29 is 4.79 Å². The van der Waals surface area contributed by atoms with E-state index in [4.69, 9.17) is 17.0 Å². The van der Waals surface area contributed by atoms with Crippen LogP contribution in [0.3, 0.4) is 0 Å². The molecule has 0 saturated heterocycles. The first kappa shape index (κ1) is 12.1. The standard InChI is InChI=1S/C10H14ClNO/c1-2-9(11)5-3-4-6-10(13)7-8-12/h2,5,8,12H,1,3-4,6-7H2. The number of ketones is 1. The fraction of sp³-hybridized carbons (Fsp3) is 0.400. The number of carbonyl (C=O) groups is 1. The molecular weight excluding hydrogens is 186 g/mol. The highest BCUT2D eigenvalue weighted by Gasteiger charge is 1.97. The van der Waals surface area contributed by atoms with E-state index >= 15 is 0 Å². The van der Waals surface area contributed by atoms with Crippen LogP contribution >= 0.6 is 11.6 Å². The molecule has 0 radical (unpaired) electrons. The fourth-order valence-electron chi connectivity index (χ4n) is 0.838. The summed E-state index contributed by atoms with van der Waals surface area (Å²) in [7, 11) is 0. The summed E-state index contributed by atoms with van der Waals surface area (Å²) in [4.78, 5) is 10.9. The molecule has 1 N–H and O–H groups in total. The third kappa shape index (κ3) is 7.47. The first-order valence-corrected chi connectivity index (χ1v) is 4.57. The zero-order chi connectivity index (χ0) is 10.1. The number of carbonyl (C=O) groups excluding carboxylic acids is 1. The maximum Gasteiger partial charge on any atom is 0.138 e. The lowest BCUT2D eigenvalue weighted by atomic mass is 10.1. The second kappa shape index (κ2) is 7.74. The minimum Gasteiger partial charge on any atom is -0.313 e. The molecule has 0 spiro atoms. The number of hydrogen-bond donors (Lipinski definition) is 1. The normalized spacial score (nSPS) is 11.0. The molecule has 2 nitrogen and oxygen atoms in total. The van der Waals surface area contributed by atoms with E-state index in [0.29, 0.717) is 11.5 Å². The van der Waals surface area contributed by atoms with Gasteiger partial charge in [0.1, 0.15) is 5.78 Å². The van der Waals surface area contributed by atoms with Crippen LogP contribution in [0.5, 0.6) is 0 Å². The van der Waals surface area contributed by atoms with Crippen molar-refractivity contribution in [3.63, 3.8) is 0 Å². The number of allylic oxidation sites excluding steroid dienone is 3. The third-order valence-electron chi connectivity index (χ3n) is 1.52. The summed E-state index contributed by atoms with van der Waals surface area (Å²) in [6.07, 6.45) is 6.89. The number of rotatable bonds is 7. The number of hydrogen-bond acceptors (Lipinski definition) is 2. The highest BCUT2D eigenvalue weighted by Crippen LogP contribution is 2.06. The predicted molar refractivity (Wildman–Crippen MR) is 56.4 cm³/mol. The van der Waals surface area contributed by atoms with Gasteiger partial charge >= 0.3 is 0 Å². The monoisotopic (exact) mass is 199 g/mol. The molecule has 0 atom stereocenters. The molecule has 0 aliphatic carbocycles. The van der Waals surface area contributed by atoms with Crippen molar-refractivity contribution in [1.29, 1.82) is 5.41 Å². The molecule has 13 heavy (non-hydrogen) atoms. The van der Waals surface area contributed by atoms with E-state index in [0.717, 1.165) is 19.1 Å². The molecule has 0 unspecified atom stereocenters. The Morgan fingerprint density at radius 2 is 2.23 bits per heavy atom. The molecule has 0 aliphatic rings. The smallest absolute Gasteiger partial charge is 0.138 e. The lowest BCUT2D eigenvalue weighted by molar-refractivity contribution is -0.117. The van der Waals surface area contributed by atoms with Crippen molar-refractivity contribution in [1.82, 2.24) is 0 Å². The number of nitrogens with one attached hydrogen (secondary N) is 1. The molecule has 0 aromatic rings. The maximum atomic E-state index is 10.9. The minimum atomic E-state index is 0.109. The Kier molecular flexibility index (Phi) is 7.21. The number of unbranched alkanes of at least 4 members (excludes halogenated alkanes) is 1. The van der Waals surface area contributed by atoms with E-state index in [1.54, 1.807) is 6.08 Å². The molecule has 0 rings (SSSR count). The third-order valence-corrected chi connectivity index (χ3v) is 1.83. The van der Waals surface area contributed by atoms with E-state index in [1.807, 2.05) is 6.08 Å². The van der Waals surface area contributed by atoms with Gasteiger partial charge in [0.25, 0.3) is 0 Å². The van der Waals surface area contributed by atoms with Crippen LogP contribution in [0, 0.1) is 5.41 Å². The van der Waals surface area contributed by atoms with Crippen LogP contribution in [-0.2, 0) is 4.79 Å². The highest BCUT2D eigenvalue weighted by atomic mass is 35.5. The molecule has 0 amide bonds. The molecule has 0 aromatic carbocycles. The van der Waals surface area contributed by atoms with E-state index in [2.05, 4.69) is 6.58 Å². The van der Waals surface area contributed by atoms with Gasteiger partial charge < -0.3 is 5.41 Å². The Morgan fingerprint density at radius 3 is 2.77 bits per heavy atom. The van der Waals surface area contributed by atoms with Gasteiger partial charge in [-0.25, -0.2) is 0 Å². The van der Waals surface area contributed by atoms with Crippen molar-refractivity contribution in [2.24, 2.45) is 0 Å².